The Bertz CT molecular complexity index is 552. The van der Waals surface area contributed by atoms with Crippen molar-refractivity contribution in [2.75, 3.05) is 0 Å². The van der Waals surface area contributed by atoms with E-state index in [0.717, 1.165) is 16.9 Å². The Kier molecular flexibility index (Phi) is 4.49. The van der Waals surface area contributed by atoms with Crippen molar-refractivity contribution in [1.82, 2.24) is 0 Å². The lowest BCUT2D eigenvalue weighted by molar-refractivity contribution is 0.305. The molecule has 0 atom stereocenters. The van der Waals surface area contributed by atoms with Gasteiger partial charge in [-0.2, -0.15) is 0 Å². The Labute approximate surface area is 120 Å². The number of hydrogen-bond donors (Lipinski definition) is 0. The second-order valence-corrected chi connectivity index (χ2v) is 5.14. The number of alkyl halides is 1. The van der Waals surface area contributed by atoms with Crippen molar-refractivity contribution >= 4 is 11.6 Å². The minimum absolute atomic E-state index is 0.519. The van der Waals surface area contributed by atoms with Crippen LogP contribution in [0.25, 0.3) is 0 Å². The molecule has 0 unspecified atom stereocenters. The number of hydrogen-bond acceptors (Lipinski definition) is 1. The second kappa shape index (κ2) is 6.12. The maximum Gasteiger partial charge on any atom is 0.120 e. The van der Waals surface area contributed by atoms with Gasteiger partial charge in [0.25, 0.3) is 0 Å². The number of ether oxygens (including phenoxy) is 1. The van der Waals surface area contributed by atoms with Gasteiger partial charge < -0.3 is 4.74 Å². The molecule has 0 heterocycles. The molecule has 100 valence electrons. The van der Waals surface area contributed by atoms with E-state index >= 15 is 0 Å². The summed E-state index contributed by atoms with van der Waals surface area (Å²) in [5, 5.41) is 0. The van der Waals surface area contributed by atoms with E-state index in [0.29, 0.717) is 12.5 Å². The van der Waals surface area contributed by atoms with Crippen LogP contribution in [0.15, 0.2) is 36.4 Å². The Balaban J connectivity index is 2.15. The van der Waals surface area contributed by atoms with Gasteiger partial charge in [-0.1, -0.05) is 24.3 Å². The van der Waals surface area contributed by atoms with E-state index < -0.39 is 0 Å². The third-order valence-corrected chi connectivity index (χ3v) is 3.85. The van der Waals surface area contributed by atoms with Gasteiger partial charge in [-0.25, -0.2) is 0 Å². The van der Waals surface area contributed by atoms with Crippen molar-refractivity contribution in [3.63, 3.8) is 0 Å². The van der Waals surface area contributed by atoms with Gasteiger partial charge in [-0.05, 0) is 60.7 Å². The fraction of sp³-hybridized carbons (Fsp3) is 0.294. The molecule has 19 heavy (non-hydrogen) atoms. The highest BCUT2D eigenvalue weighted by molar-refractivity contribution is 6.17. The SMILES string of the molecule is Cc1cc(OCc2ccccc2CCl)cc(C)c1C. The zero-order valence-electron chi connectivity index (χ0n) is 11.7. The summed E-state index contributed by atoms with van der Waals surface area (Å²) in [6, 6.07) is 12.3. The predicted octanol–water partition coefficient (Wildman–Crippen LogP) is 4.93. The minimum Gasteiger partial charge on any atom is -0.489 e. The quantitative estimate of drug-likeness (QED) is 0.719. The lowest BCUT2D eigenvalue weighted by Gasteiger charge is -2.12. The molecule has 0 saturated carbocycles. The number of halogens is 1. The molecule has 0 aliphatic rings. The summed E-state index contributed by atoms with van der Waals surface area (Å²) in [4.78, 5) is 0. The van der Waals surface area contributed by atoms with Crippen LogP contribution in [0.4, 0.5) is 0 Å². The largest absolute Gasteiger partial charge is 0.489 e. The highest BCUT2D eigenvalue weighted by Crippen LogP contribution is 2.22. The van der Waals surface area contributed by atoms with Crippen LogP contribution in [-0.2, 0) is 12.5 Å². The predicted molar refractivity (Wildman–Crippen MR) is 81.0 cm³/mol. The molecular formula is C17H19ClO. The van der Waals surface area contributed by atoms with E-state index in [1.54, 1.807) is 0 Å². The third kappa shape index (κ3) is 3.30. The fourth-order valence-corrected chi connectivity index (χ4v) is 2.33. The molecule has 0 fully saturated rings. The van der Waals surface area contributed by atoms with Crippen molar-refractivity contribution in [3.8, 4) is 5.75 Å². The molecule has 2 aromatic rings. The fourth-order valence-electron chi connectivity index (χ4n) is 2.07. The van der Waals surface area contributed by atoms with E-state index in [9.17, 15) is 0 Å². The van der Waals surface area contributed by atoms with Crippen molar-refractivity contribution in [3.05, 3.63) is 64.2 Å². The highest BCUT2D eigenvalue weighted by atomic mass is 35.5. The Hall–Kier alpha value is -1.47. The van der Waals surface area contributed by atoms with Crippen LogP contribution in [0.1, 0.15) is 27.8 Å². The molecule has 0 bridgehead atoms. The van der Waals surface area contributed by atoms with Crippen LogP contribution >= 0.6 is 11.6 Å². The maximum atomic E-state index is 5.93. The van der Waals surface area contributed by atoms with E-state index in [1.807, 2.05) is 18.2 Å². The zero-order chi connectivity index (χ0) is 13.8. The van der Waals surface area contributed by atoms with Crippen molar-refractivity contribution in [2.45, 2.75) is 33.3 Å². The number of rotatable bonds is 4. The molecule has 0 aliphatic heterocycles. The number of aryl methyl sites for hydroxylation is 2. The van der Waals surface area contributed by atoms with Crippen molar-refractivity contribution in [2.24, 2.45) is 0 Å². The summed E-state index contributed by atoms with van der Waals surface area (Å²) in [7, 11) is 0. The molecule has 2 heteroatoms. The van der Waals surface area contributed by atoms with Crippen LogP contribution in [0, 0.1) is 20.8 Å². The van der Waals surface area contributed by atoms with Crippen molar-refractivity contribution in [1.29, 1.82) is 0 Å². The molecule has 0 N–H and O–H groups in total. The van der Waals surface area contributed by atoms with Gasteiger partial charge >= 0.3 is 0 Å². The average molecular weight is 275 g/mol. The van der Waals surface area contributed by atoms with Crippen LogP contribution in [0.3, 0.4) is 0 Å². The summed E-state index contributed by atoms with van der Waals surface area (Å²) < 4.78 is 5.89. The number of benzene rings is 2. The van der Waals surface area contributed by atoms with Gasteiger partial charge in [0, 0.05) is 5.88 Å². The average Bonchev–Trinajstić information content (AvgIpc) is 2.42. The van der Waals surface area contributed by atoms with Gasteiger partial charge in [0.15, 0.2) is 0 Å². The molecule has 1 nitrogen and oxygen atoms in total. The first-order chi connectivity index (χ1) is 9.11. The Morgan fingerprint density at radius 3 is 2.11 bits per heavy atom. The van der Waals surface area contributed by atoms with Crippen LogP contribution in [0.5, 0.6) is 5.75 Å². The Morgan fingerprint density at radius 2 is 1.53 bits per heavy atom. The molecule has 0 aromatic heterocycles. The third-order valence-electron chi connectivity index (χ3n) is 3.56. The normalized spacial score (nSPS) is 10.5. The van der Waals surface area contributed by atoms with Gasteiger partial charge in [0.1, 0.15) is 12.4 Å². The first-order valence-electron chi connectivity index (χ1n) is 6.45. The van der Waals surface area contributed by atoms with Gasteiger partial charge in [0.2, 0.25) is 0 Å². The molecule has 2 rings (SSSR count). The second-order valence-electron chi connectivity index (χ2n) is 4.87. The van der Waals surface area contributed by atoms with Crippen molar-refractivity contribution < 1.29 is 4.74 Å². The van der Waals surface area contributed by atoms with Crippen LogP contribution in [-0.4, -0.2) is 0 Å². The summed E-state index contributed by atoms with van der Waals surface area (Å²) in [5.41, 5.74) is 6.13. The molecule has 0 saturated heterocycles. The monoisotopic (exact) mass is 274 g/mol. The molecule has 0 spiro atoms. The maximum absolute atomic E-state index is 5.93. The minimum atomic E-state index is 0.519. The standard InChI is InChI=1S/C17H19ClO/c1-12-8-17(9-13(2)14(12)3)19-11-16-7-5-4-6-15(16)10-18/h4-9H,10-11H2,1-3H3. The van der Waals surface area contributed by atoms with Gasteiger partial charge in [-0.3, -0.25) is 0 Å². The zero-order valence-corrected chi connectivity index (χ0v) is 12.4. The van der Waals surface area contributed by atoms with Gasteiger partial charge in [0.05, 0.1) is 0 Å². The summed E-state index contributed by atoms with van der Waals surface area (Å²) in [5.74, 6) is 1.44. The van der Waals surface area contributed by atoms with E-state index in [4.69, 9.17) is 16.3 Å². The van der Waals surface area contributed by atoms with E-state index in [2.05, 4.69) is 39.0 Å². The smallest absolute Gasteiger partial charge is 0.120 e. The molecule has 0 radical (unpaired) electrons. The van der Waals surface area contributed by atoms with Crippen LogP contribution < -0.4 is 4.74 Å². The first-order valence-corrected chi connectivity index (χ1v) is 6.98. The highest BCUT2D eigenvalue weighted by Gasteiger charge is 2.04. The topological polar surface area (TPSA) is 9.23 Å². The van der Waals surface area contributed by atoms with Gasteiger partial charge in [-0.15, -0.1) is 11.6 Å². The van der Waals surface area contributed by atoms with E-state index in [1.165, 1.54) is 16.7 Å². The summed E-state index contributed by atoms with van der Waals surface area (Å²) >= 11 is 5.93. The van der Waals surface area contributed by atoms with E-state index in [-0.39, 0.29) is 0 Å². The lowest BCUT2D eigenvalue weighted by Crippen LogP contribution is -2.00. The Morgan fingerprint density at radius 1 is 0.947 bits per heavy atom. The summed E-state index contributed by atoms with van der Waals surface area (Å²) in [6.07, 6.45) is 0. The molecule has 0 aliphatic carbocycles. The van der Waals surface area contributed by atoms with Crippen LogP contribution in [0.2, 0.25) is 0 Å². The lowest BCUT2D eigenvalue weighted by atomic mass is 10.0. The molecule has 0 amide bonds. The summed E-state index contributed by atoms with van der Waals surface area (Å²) in [6.45, 7) is 6.92. The molecule has 2 aromatic carbocycles. The first kappa shape index (κ1) is 14.0. The molecular weight excluding hydrogens is 256 g/mol.